The highest BCUT2D eigenvalue weighted by Crippen LogP contribution is 2.36. The van der Waals surface area contributed by atoms with Crippen LogP contribution in [0.2, 0.25) is 0 Å². The van der Waals surface area contributed by atoms with E-state index < -0.39 is 0 Å². The van der Waals surface area contributed by atoms with Crippen molar-refractivity contribution < 1.29 is 0 Å². The first-order valence-corrected chi connectivity index (χ1v) is 11.9. The summed E-state index contributed by atoms with van der Waals surface area (Å²) in [7, 11) is 0. The third-order valence-corrected chi connectivity index (χ3v) is 6.88. The van der Waals surface area contributed by atoms with E-state index in [0.717, 1.165) is 59.4 Å². The third kappa shape index (κ3) is 6.51. The van der Waals surface area contributed by atoms with Crippen molar-refractivity contribution in [3.05, 3.63) is 65.8 Å². The number of benzene rings is 1. The smallest absolute Gasteiger partial charge is 0.154 e. The summed E-state index contributed by atoms with van der Waals surface area (Å²) in [5.74, 6) is 3.80. The van der Waals surface area contributed by atoms with Gasteiger partial charge in [0.15, 0.2) is 5.00 Å². The lowest BCUT2D eigenvalue weighted by Gasteiger charge is -2.23. The van der Waals surface area contributed by atoms with E-state index in [0.29, 0.717) is 11.8 Å². The van der Waals surface area contributed by atoms with Crippen LogP contribution in [0.5, 0.6) is 0 Å². The lowest BCUT2D eigenvalue weighted by Crippen LogP contribution is -2.33. The molecule has 5 heteroatoms. The number of nitrogens with zero attached hydrogens (tertiary/aromatic N) is 2. The number of aryl methyl sites for hydroxylation is 1. The maximum absolute atomic E-state index is 4.85. The van der Waals surface area contributed by atoms with E-state index in [1.54, 1.807) is 0 Å². The fourth-order valence-corrected chi connectivity index (χ4v) is 4.96. The van der Waals surface area contributed by atoms with Gasteiger partial charge in [0.25, 0.3) is 0 Å². The number of thiazole rings is 1. The molecule has 1 aromatic carbocycles. The second-order valence-corrected chi connectivity index (χ2v) is 9.52. The van der Waals surface area contributed by atoms with Gasteiger partial charge in [-0.05, 0) is 86.7 Å². The molecule has 1 unspecified atom stereocenters. The molecule has 0 saturated carbocycles. The third-order valence-electron chi connectivity index (χ3n) is 5.87. The molecular weight excluding hydrogens is 400 g/mol. The SMILES string of the molecule is C=C=Nc1sc(C(=C)NCC2CCNCC2)nc1C(=C)CC(C)Cc1ccccc1C. The lowest BCUT2D eigenvalue weighted by molar-refractivity contribution is 0.371. The number of hydrogen-bond donors (Lipinski definition) is 2. The molecule has 2 aromatic rings. The number of aromatic nitrogens is 1. The van der Waals surface area contributed by atoms with Crippen molar-refractivity contribution in [2.75, 3.05) is 19.6 Å². The molecule has 1 fully saturated rings. The van der Waals surface area contributed by atoms with E-state index in [-0.39, 0.29) is 0 Å². The zero-order valence-electron chi connectivity index (χ0n) is 18.8. The van der Waals surface area contributed by atoms with Crippen LogP contribution in [0.15, 0.2) is 49.0 Å². The van der Waals surface area contributed by atoms with Crippen molar-refractivity contribution in [1.29, 1.82) is 0 Å². The van der Waals surface area contributed by atoms with Crippen molar-refractivity contribution in [2.45, 2.75) is 39.5 Å². The van der Waals surface area contributed by atoms with Crippen molar-refractivity contribution >= 4 is 33.5 Å². The second-order valence-electron chi connectivity index (χ2n) is 8.54. The van der Waals surface area contributed by atoms with Gasteiger partial charge in [-0.25, -0.2) is 4.98 Å². The van der Waals surface area contributed by atoms with E-state index in [9.17, 15) is 0 Å². The Balaban J connectivity index is 1.65. The quantitative estimate of drug-likeness (QED) is 0.466. The first-order chi connectivity index (χ1) is 15.0. The standard InChI is InChI=1S/C26H34N4S/c1-6-28-26-24(20(4)15-18(2)16-23-10-8-7-9-19(23)3)30-25(31-26)21(5)29-17-22-11-13-27-14-12-22/h7-10,18,22,27,29H,1,4-5,11-17H2,2-3H3. The molecule has 31 heavy (non-hydrogen) atoms. The van der Waals surface area contributed by atoms with Crippen LogP contribution in [0.25, 0.3) is 11.3 Å². The van der Waals surface area contributed by atoms with Gasteiger partial charge in [-0.1, -0.05) is 55.7 Å². The predicted octanol–water partition coefficient (Wildman–Crippen LogP) is 5.78. The predicted molar refractivity (Wildman–Crippen MR) is 135 cm³/mol. The summed E-state index contributed by atoms with van der Waals surface area (Å²) in [5.41, 5.74) is 5.43. The molecule has 4 nitrogen and oxygen atoms in total. The van der Waals surface area contributed by atoms with Gasteiger partial charge < -0.3 is 10.6 Å². The molecule has 0 spiro atoms. The number of piperidine rings is 1. The minimum Gasteiger partial charge on any atom is -0.383 e. The van der Waals surface area contributed by atoms with Gasteiger partial charge in [-0.2, -0.15) is 4.99 Å². The molecule has 0 aliphatic carbocycles. The molecule has 1 saturated heterocycles. The monoisotopic (exact) mass is 434 g/mol. The summed E-state index contributed by atoms with van der Waals surface area (Å²) in [5, 5.41) is 8.57. The zero-order valence-corrected chi connectivity index (χ0v) is 19.7. The van der Waals surface area contributed by atoms with Gasteiger partial charge in [-0.15, -0.1) is 0 Å². The van der Waals surface area contributed by atoms with E-state index in [1.807, 2.05) is 0 Å². The highest BCUT2D eigenvalue weighted by Gasteiger charge is 2.19. The Morgan fingerprint density at radius 3 is 2.77 bits per heavy atom. The molecule has 1 aliphatic rings. The largest absolute Gasteiger partial charge is 0.383 e. The Labute approximate surface area is 190 Å². The van der Waals surface area contributed by atoms with Crippen LogP contribution < -0.4 is 10.6 Å². The normalized spacial score (nSPS) is 15.2. The Hall–Kier alpha value is -2.46. The van der Waals surface area contributed by atoms with Crippen molar-refractivity contribution in [3.8, 4) is 0 Å². The average Bonchev–Trinajstić information content (AvgIpc) is 3.19. The molecule has 0 radical (unpaired) electrons. The second kappa shape index (κ2) is 11.2. The zero-order chi connectivity index (χ0) is 22.2. The first kappa shape index (κ1) is 23.2. The fraction of sp³-hybridized carbons (Fsp3) is 0.423. The minimum atomic E-state index is 0.459. The molecule has 1 aromatic heterocycles. The number of rotatable bonds is 10. The number of nitrogens with one attached hydrogen (secondary N) is 2. The van der Waals surface area contributed by atoms with Gasteiger partial charge in [0, 0.05) is 6.54 Å². The molecule has 164 valence electrons. The average molecular weight is 435 g/mol. The van der Waals surface area contributed by atoms with Gasteiger partial charge >= 0.3 is 0 Å². The van der Waals surface area contributed by atoms with Crippen LogP contribution in [0.3, 0.4) is 0 Å². The molecule has 2 N–H and O–H groups in total. The number of hydrogen-bond acceptors (Lipinski definition) is 5. The molecule has 1 atom stereocenters. The summed E-state index contributed by atoms with van der Waals surface area (Å²) >= 11 is 1.53. The number of allylic oxidation sites excluding steroid dienone is 1. The van der Waals surface area contributed by atoms with E-state index in [1.165, 1.54) is 35.3 Å². The lowest BCUT2D eigenvalue weighted by atomic mass is 9.92. The highest BCUT2D eigenvalue weighted by molar-refractivity contribution is 7.16. The Bertz CT molecular complexity index is 962. The van der Waals surface area contributed by atoms with Gasteiger partial charge in [0.1, 0.15) is 10.7 Å². The molecular formula is C26H34N4S. The Kier molecular flexibility index (Phi) is 8.42. The first-order valence-electron chi connectivity index (χ1n) is 11.1. The molecule has 0 amide bonds. The fourth-order valence-electron chi connectivity index (χ4n) is 4.05. The molecule has 1 aliphatic heterocycles. The maximum Gasteiger partial charge on any atom is 0.154 e. The van der Waals surface area contributed by atoms with E-state index in [4.69, 9.17) is 4.98 Å². The number of aliphatic imine (C=N–C) groups is 1. The van der Waals surface area contributed by atoms with Crippen LogP contribution in [-0.2, 0) is 6.42 Å². The molecule has 2 heterocycles. The van der Waals surface area contributed by atoms with Crippen LogP contribution in [0, 0.1) is 18.8 Å². The summed E-state index contributed by atoms with van der Waals surface area (Å²) in [4.78, 5) is 9.20. The summed E-state index contributed by atoms with van der Waals surface area (Å²) in [6, 6.07) is 8.57. The van der Waals surface area contributed by atoms with Crippen LogP contribution in [0.4, 0.5) is 5.00 Å². The molecule has 3 rings (SSSR count). The molecule has 0 bridgehead atoms. The van der Waals surface area contributed by atoms with Gasteiger partial charge in [0.2, 0.25) is 0 Å². The van der Waals surface area contributed by atoms with Crippen molar-refractivity contribution in [2.24, 2.45) is 16.8 Å². The van der Waals surface area contributed by atoms with Crippen LogP contribution >= 0.6 is 11.3 Å². The van der Waals surface area contributed by atoms with Gasteiger partial charge in [-0.3, -0.25) is 0 Å². The van der Waals surface area contributed by atoms with Crippen molar-refractivity contribution in [3.63, 3.8) is 0 Å². The van der Waals surface area contributed by atoms with Crippen LogP contribution in [0.1, 0.15) is 48.0 Å². The maximum atomic E-state index is 4.85. The highest BCUT2D eigenvalue weighted by atomic mass is 32.1. The van der Waals surface area contributed by atoms with E-state index in [2.05, 4.69) is 79.3 Å². The van der Waals surface area contributed by atoms with Crippen LogP contribution in [-0.4, -0.2) is 30.5 Å². The minimum absolute atomic E-state index is 0.459. The van der Waals surface area contributed by atoms with Crippen molar-refractivity contribution in [1.82, 2.24) is 15.6 Å². The van der Waals surface area contributed by atoms with E-state index >= 15 is 0 Å². The summed E-state index contributed by atoms with van der Waals surface area (Å²) in [6.45, 7) is 19.8. The Morgan fingerprint density at radius 2 is 2.06 bits per heavy atom. The van der Waals surface area contributed by atoms with Gasteiger partial charge in [0.05, 0.1) is 5.70 Å². The summed E-state index contributed by atoms with van der Waals surface area (Å²) < 4.78 is 0. The summed E-state index contributed by atoms with van der Waals surface area (Å²) in [6.07, 6.45) is 4.29. The topological polar surface area (TPSA) is 49.3 Å². The Morgan fingerprint density at radius 1 is 1.32 bits per heavy atom.